The van der Waals surface area contributed by atoms with Crippen LogP contribution in [0.4, 0.5) is 5.69 Å². The molecule has 1 heterocycles. The van der Waals surface area contributed by atoms with E-state index in [1.54, 1.807) is 6.92 Å². The fourth-order valence-corrected chi connectivity index (χ4v) is 2.97. The summed E-state index contributed by atoms with van der Waals surface area (Å²) in [6.07, 6.45) is 4.94. The summed E-state index contributed by atoms with van der Waals surface area (Å²) in [6.45, 7) is 3.71. The van der Waals surface area contributed by atoms with Crippen LogP contribution < -0.4 is 5.32 Å². The van der Waals surface area contributed by atoms with E-state index in [2.05, 4.69) is 15.5 Å². The molecule has 1 N–H and O–H groups in total. The smallest absolute Gasteiger partial charge is 0.253 e. The van der Waals surface area contributed by atoms with Crippen molar-refractivity contribution in [1.82, 2.24) is 10.2 Å². The van der Waals surface area contributed by atoms with Gasteiger partial charge in [-0.1, -0.05) is 25.8 Å². The number of hydrogen-bond acceptors (Lipinski definition) is 5. The van der Waals surface area contributed by atoms with E-state index in [0.717, 1.165) is 18.4 Å². The summed E-state index contributed by atoms with van der Waals surface area (Å²) in [5.74, 6) is 0.844. The second kappa shape index (κ2) is 7.57. The maximum atomic E-state index is 12.5. The number of rotatable bonds is 6. The number of carbonyl (C=O) groups excluding carboxylic acids is 1. The first-order chi connectivity index (χ1) is 11.7. The van der Waals surface area contributed by atoms with Crippen LogP contribution in [0.2, 0.25) is 0 Å². The molecule has 24 heavy (non-hydrogen) atoms. The lowest BCUT2D eigenvalue weighted by Crippen LogP contribution is -2.32. The number of amides is 1. The van der Waals surface area contributed by atoms with Gasteiger partial charge in [-0.2, -0.15) is 0 Å². The SMILES string of the molecule is CC[C@@H](OC1CCCC1)C(=O)Nc1cccc(-c2nnc(C)o2)c1. The second-order valence-corrected chi connectivity index (χ2v) is 6.14. The van der Waals surface area contributed by atoms with E-state index < -0.39 is 6.10 Å². The number of ether oxygens (including phenoxy) is 1. The molecule has 1 aliphatic rings. The van der Waals surface area contributed by atoms with Crippen LogP contribution in [0.25, 0.3) is 11.5 Å². The summed E-state index contributed by atoms with van der Waals surface area (Å²) in [5, 5.41) is 10.8. The topological polar surface area (TPSA) is 77.2 Å². The number of carbonyl (C=O) groups is 1. The van der Waals surface area contributed by atoms with Crippen LogP contribution in [0.5, 0.6) is 0 Å². The highest BCUT2D eigenvalue weighted by molar-refractivity contribution is 5.94. The average Bonchev–Trinajstić information content (AvgIpc) is 3.24. The van der Waals surface area contributed by atoms with Crippen LogP contribution in [-0.2, 0) is 9.53 Å². The third-order valence-corrected chi connectivity index (χ3v) is 4.23. The first-order valence-electron chi connectivity index (χ1n) is 8.52. The minimum absolute atomic E-state index is 0.108. The van der Waals surface area contributed by atoms with Crippen LogP contribution in [0.1, 0.15) is 44.9 Å². The van der Waals surface area contributed by atoms with Crippen LogP contribution in [0.3, 0.4) is 0 Å². The van der Waals surface area contributed by atoms with Gasteiger partial charge in [-0.15, -0.1) is 10.2 Å². The summed E-state index contributed by atoms with van der Waals surface area (Å²) >= 11 is 0. The maximum absolute atomic E-state index is 12.5. The predicted molar refractivity (Wildman–Crippen MR) is 90.5 cm³/mol. The Bertz CT molecular complexity index is 692. The molecular formula is C18H23N3O3. The molecule has 0 saturated heterocycles. The highest BCUT2D eigenvalue weighted by Crippen LogP contribution is 2.24. The Hall–Kier alpha value is -2.21. The Morgan fingerprint density at radius 3 is 2.83 bits per heavy atom. The monoisotopic (exact) mass is 329 g/mol. The highest BCUT2D eigenvalue weighted by Gasteiger charge is 2.24. The zero-order chi connectivity index (χ0) is 16.9. The van der Waals surface area contributed by atoms with Crippen LogP contribution >= 0.6 is 0 Å². The molecule has 1 aromatic carbocycles. The van der Waals surface area contributed by atoms with Crippen molar-refractivity contribution in [1.29, 1.82) is 0 Å². The van der Waals surface area contributed by atoms with Gasteiger partial charge in [0.05, 0.1) is 6.10 Å². The van der Waals surface area contributed by atoms with Crippen molar-refractivity contribution < 1.29 is 13.9 Å². The molecule has 6 nitrogen and oxygen atoms in total. The van der Waals surface area contributed by atoms with Crippen molar-refractivity contribution in [2.75, 3.05) is 5.32 Å². The lowest BCUT2D eigenvalue weighted by Gasteiger charge is -2.20. The molecule has 128 valence electrons. The van der Waals surface area contributed by atoms with E-state index in [4.69, 9.17) is 9.15 Å². The first kappa shape index (κ1) is 16.6. The summed E-state index contributed by atoms with van der Waals surface area (Å²) in [7, 11) is 0. The Morgan fingerprint density at radius 2 is 2.17 bits per heavy atom. The number of hydrogen-bond donors (Lipinski definition) is 1. The Kier molecular flexibility index (Phi) is 5.25. The molecule has 1 atom stereocenters. The van der Waals surface area contributed by atoms with E-state index in [1.807, 2.05) is 31.2 Å². The third-order valence-electron chi connectivity index (χ3n) is 4.23. The maximum Gasteiger partial charge on any atom is 0.253 e. The second-order valence-electron chi connectivity index (χ2n) is 6.14. The van der Waals surface area contributed by atoms with Crippen LogP contribution in [0.15, 0.2) is 28.7 Å². The number of aromatic nitrogens is 2. The van der Waals surface area contributed by atoms with Gasteiger partial charge in [0.15, 0.2) is 0 Å². The van der Waals surface area contributed by atoms with Gasteiger partial charge in [-0.3, -0.25) is 4.79 Å². The highest BCUT2D eigenvalue weighted by atomic mass is 16.5. The minimum Gasteiger partial charge on any atom is -0.421 e. The number of nitrogens with zero attached hydrogens (tertiary/aromatic N) is 2. The summed E-state index contributed by atoms with van der Waals surface area (Å²) in [5.41, 5.74) is 1.47. The molecule has 1 saturated carbocycles. The molecule has 1 fully saturated rings. The number of nitrogens with one attached hydrogen (secondary N) is 1. The fourth-order valence-electron chi connectivity index (χ4n) is 2.97. The predicted octanol–water partition coefficient (Wildman–Crippen LogP) is 3.72. The average molecular weight is 329 g/mol. The summed E-state index contributed by atoms with van der Waals surface area (Å²) in [6, 6.07) is 7.39. The van der Waals surface area contributed by atoms with Gasteiger partial charge in [0, 0.05) is 18.2 Å². The molecule has 6 heteroatoms. The van der Waals surface area contributed by atoms with Crippen molar-refractivity contribution in [3.8, 4) is 11.5 Å². The molecule has 1 aromatic heterocycles. The molecule has 2 aromatic rings. The van der Waals surface area contributed by atoms with Crippen molar-refractivity contribution in [3.63, 3.8) is 0 Å². The minimum atomic E-state index is -0.414. The number of benzene rings is 1. The normalized spacial score (nSPS) is 16.2. The Labute approximate surface area is 141 Å². The lowest BCUT2D eigenvalue weighted by molar-refractivity contribution is -0.131. The van der Waals surface area contributed by atoms with E-state index in [1.165, 1.54) is 12.8 Å². The van der Waals surface area contributed by atoms with E-state index in [9.17, 15) is 4.79 Å². The standard InChI is InChI=1S/C18H23N3O3/c1-3-16(24-15-9-4-5-10-15)17(22)19-14-8-6-7-13(11-14)18-21-20-12(2)23-18/h6-8,11,15-16H,3-5,9-10H2,1-2H3,(H,19,22)/t16-/m1/s1. The summed E-state index contributed by atoms with van der Waals surface area (Å²) in [4.78, 5) is 12.5. The Balaban J connectivity index is 1.66. The molecule has 0 bridgehead atoms. The molecule has 0 unspecified atom stereocenters. The van der Waals surface area contributed by atoms with Crippen LogP contribution in [-0.4, -0.2) is 28.3 Å². The number of anilines is 1. The van der Waals surface area contributed by atoms with Crippen molar-refractivity contribution in [2.24, 2.45) is 0 Å². The van der Waals surface area contributed by atoms with Gasteiger partial charge in [0.2, 0.25) is 11.8 Å². The quantitative estimate of drug-likeness (QED) is 0.874. The molecular weight excluding hydrogens is 306 g/mol. The third kappa shape index (κ3) is 4.00. The zero-order valence-electron chi connectivity index (χ0n) is 14.1. The fraction of sp³-hybridized carbons (Fsp3) is 0.500. The first-order valence-corrected chi connectivity index (χ1v) is 8.52. The van der Waals surface area contributed by atoms with Crippen molar-refractivity contribution >= 4 is 11.6 Å². The van der Waals surface area contributed by atoms with E-state index in [0.29, 0.717) is 23.9 Å². The Morgan fingerprint density at radius 1 is 1.38 bits per heavy atom. The number of aryl methyl sites for hydroxylation is 1. The van der Waals surface area contributed by atoms with Crippen molar-refractivity contribution in [3.05, 3.63) is 30.2 Å². The molecule has 1 aliphatic carbocycles. The molecule has 0 radical (unpaired) electrons. The summed E-state index contributed by atoms with van der Waals surface area (Å²) < 4.78 is 11.4. The van der Waals surface area contributed by atoms with Gasteiger partial charge >= 0.3 is 0 Å². The zero-order valence-corrected chi connectivity index (χ0v) is 14.1. The molecule has 0 aliphatic heterocycles. The van der Waals surface area contributed by atoms with E-state index >= 15 is 0 Å². The van der Waals surface area contributed by atoms with Crippen LogP contribution in [0, 0.1) is 6.92 Å². The molecule has 1 amide bonds. The molecule has 3 rings (SSSR count). The van der Waals surface area contributed by atoms with E-state index in [-0.39, 0.29) is 12.0 Å². The van der Waals surface area contributed by atoms with Gasteiger partial charge in [0.1, 0.15) is 6.10 Å². The van der Waals surface area contributed by atoms with Gasteiger partial charge in [-0.05, 0) is 37.5 Å². The lowest BCUT2D eigenvalue weighted by atomic mass is 10.2. The van der Waals surface area contributed by atoms with Gasteiger partial charge in [0.25, 0.3) is 5.91 Å². The molecule has 0 spiro atoms. The largest absolute Gasteiger partial charge is 0.421 e. The van der Waals surface area contributed by atoms with Crippen molar-refractivity contribution in [2.45, 2.75) is 58.2 Å². The van der Waals surface area contributed by atoms with Gasteiger partial charge < -0.3 is 14.5 Å². The van der Waals surface area contributed by atoms with Gasteiger partial charge in [-0.25, -0.2) is 0 Å².